The van der Waals surface area contributed by atoms with Crippen molar-refractivity contribution in [1.82, 2.24) is 10.2 Å². The van der Waals surface area contributed by atoms with Crippen LogP contribution in [0.1, 0.15) is 27.5 Å². The molecule has 5 nitrogen and oxygen atoms in total. The lowest BCUT2D eigenvalue weighted by molar-refractivity contribution is -0.127. The van der Waals surface area contributed by atoms with Gasteiger partial charge in [0.25, 0.3) is 0 Å². The lowest BCUT2D eigenvalue weighted by atomic mass is 9.83. The highest BCUT2D eigenvalue weighted by Gasteiger charge is 2.61. The number of Topliss-reactive ketones (excluding diaryl/α,β-unsaturated/α-hetero) is 1. The van der Waals surface area contributed by atoms with Crippen molar-refractivity contribution in [2.24, 2.45) is 11.8 Å². The lowest BCUT2D eigenvalue weighted by Gasteiger charge is -2.34. The Bertz CT molecular complexity index is 1010. The molecule has 0 radical (unpaired) electrons. The summed E-state index contributed by atoms with van der Waals surface area (Å²) >= 11 is 5.93. The van der Waals surface area contributed by atoms with Crippen LogP contribution in [-0.2, 0) is 9.59 Å². The summed E-state index contributed by atoms with van der Waals surface area (Å²) in [4.78, 5) is 40.3. The molecule has 3 aliphatic rings. The molecule has 6 heteroatoms. The fourth-order valence-electron chi connectivity index (χ4n) is 4.56. The zero-order valence-electron chi connectivity index (χ0n) is 14.1. The Morgan fingerprint density at radius 2 is 1.67 bits per heavy atom. The van der Waals surface area contributed by atoms with E-state index in [4.69, 9.17) is 11.6 Å². The van der Waals surface area contributed by atoms with Gasteiger partial charge in [0.2, 0.25) is 11.8 Å². The normalized spacial score (nSPS) is 27.8. The SMILES string of the molecule is O=C1NC(=O)[C@H]2[C@@H]1[C@@H](C(=O)c1ccc(Cl)cc1)N1C=Cc3ccccc3[C@H]21. The van der Waals surface area contributed by atoms with Crippen LogP contribution >= 0.6 is 11.6 Å². The van der Waals surface area contributed by atoms with Gasteiger partial charge in [-0.05, 0) is 41.5 Å². The van der Waals surface area contributed by atoms with E-state index in [1.54, 1.807) is 24.3 Å². The van der Waals surface area contributed by atoms with E-state index in [0.717, 1.165) is 11.1 Å². The summed E-state index contributed by atoms with van der Waals surface area (Å²) in [5.41, 5.74) is 2.44. The van der Waals surface area contributed by atoms with Gasteiger partial charge in [-0.2, -0.15) is 0 Å². The number of hydrogen-bond acceptors (Lipinski definition) is 4. The number of nitrogens with zero attached hydrogens (tertiary/aromatic N) is 1. The van der Waals surface area contributed by atoms with Gasteiger partial charge in [-0.15, -0.1) is 0 Å². The summed E-state index contributed by atoms with van der Waals surface area (Å²) < 4.78 is 0. The third kappa shape index (κ3) is 2.28. The average Bonchev–Trinajstić information content (AvgIpc) is 3.17. The number of carbonyl (C=O) groups excluding carboxylic acids is 3. The molecular formula is C21H15ClN2O3. The molecule has 27 heavy (non-hydrogen) atoms. The highest BCUT2D eigenvalue weighted by atomic mass is 35.5. The maximum atomic E-state index is 13.3. The number of hydrogen-bond donors (Lipinski definition) is 1. The summed E-state index contributed by atoms with van der Waals surface area (Å²) in [7, 11) is 0. The minimum atomic E-state index is -0.725. The molecule has 2 fully saturated rings. The van der Waals surface area contributed by atoms with Gasteiger partial charge in [0, 0.05) is 16.8 Å². The predicted molar refractivity (Wildman–Crippen MR) is 99.8 cm³/mol. The molecule has 0 aromatic heterocycles. The first-order chi connectivity index (χ1) is 13.1. The molecule has 2 saturated heterocycles. The van der Waals surface area contributed by atoms with Gasteiger partial charge >= 0.3 is 0 Å². The van der Waals surface area contributed by atoms with Crippen molar-refractivity contribution >= 4 is 35.3 Å². The Morgan fingerprint density at radius 3 is 2.44 bits per heavy atom. The number of fused-ring (bicyclic) bond motifs is 5. The second kappa shape index (κ2) is 5.79. The molecule has 2 aromatic carbocycles. The third-order valence-electron chi connectivity index (χ3n) is 5.70. The van der Waals surface area contributed by atoms with Crippen molar-refractivity contribution in [2.75, 3.05) is 0 Å². The van der Waals surface area contributed by atoms with Crippen LogP contribution in [0.2, 0.25) is 5.02 Å². The maximum Gasteiger partial charge on any atom is 0.233 e. The number of halogens is 1. The molecule has 4 atom stereocenters. The van der Waals surface area contributed by atoms with E-state index in [2.05, 4.69) is 5.32 Å². The summed E-state index contributed by atoms with van der Waals surface area (Å²) in [5, 5.41) is 2.96. The maximum absolute atomic E-state index is 13.3. The molecule has 134 valence electrons. The molecule has 0 saturated carbocycles. The molecule has 0 aliphatic carbocycles. The van der Waals surface area contributed by atoms with E-state index in [9.17, 15) is 14.4 Å². The summed E-state index contributed by atoms with van der Waals surface area (Å²) in [6, 6.07) is 13.3. The van der Waals surface area contributed by atoms with Crippen molar-refractivity contribution in [2.45, 2.75) is 12.1 Å². The number of amides is 2. The number of carbonyl (C=O) groups is 3. The molecule has 2 amide bonds. The van der Waals surface area contributed by atoms with Gasteiger partial charge in [-0.25, -0.2) is 0 Å². The van der Waals surface area contributed by atoms with Gasteiger partial charge in [0.15, 0.2) is 5.78 Å². The van der Waals surface area contributed by atoms with Gasteiger partial charge in [-0.1, -0.05) is 35.9 Å². The fraction of sp³-hybridized carbons (Fsp3) is 0.190. The first kappa shape index (κ1) is 16.3. The molecule has 0 bridgehead atoms. The minimum absolute atomic E-state index is 0.182. The topological polar surface area (TPSA) is 66.5 Å². The predicted octanol–water partition coefficient (Wildman–Crippen LogP) is 2.82. The zero-order chi connectivity index (χ0) is 18.7. The first-order valence-electron chi connectivity index (χ1n) is 8.75. The fourth-order valence-corrected chi connectivity index (χ4v) is 4.69. The number of nitrogens with one attached hydrogen (secondary N) is 1. The Labute approximate surface area is 160 Å². The zero-order valence-corrected chi connectivity index (χ0v) is 14.9. The molecule has 1 N–H and O–H groups in total. The van der Waals surface area contributed by atoms with Crippen LogP contribution in [-0.4, -0.2) is 28.5 Å². The van der Waals surface area contributed by atoms with Gasteiger partial charge < -0.3 is 4.90 Å². The van der Waals surface area contributed by atoms with Crippen molar-refractivity contribution < 1.29 is 14.4 Å². The summed E-state index contributed by atoms with van der Waals surface area (Å²) in [6.07, 6.45) is 3.77. The van der Waals surface area contributed by atoms with Gasteiger partial charge in [0.1, 0.15) is 6.04 Å². The number of rotatable bonds is 2. The van der Waals surface area contributed by atoms with Gasteiger partial charge in [-0.3, -0.25) is 19.7 Å². The third-order valence-corrected chi connectivity index (χ3v) is 5.95. The summed E-state index contributed by atoms with van der Waals surface area (Å²) in [6.45, 7) is 0. The van der Waals surface area contributed by atoms with Crippen LogP contribution in [0, 0.1) is 11.8 Å². The monoisotopic (exact) mass is 378 g/mol. The van der Waals surface area contributed by atoms with Crippen LogP contribution in [0.5, 0.6) is 0 Å². The highest BCUT2D eigenvalue weighted by Crippen LogP contribution is 2.51. The Balaban J connectivity index is 1.64. The largest absolute Gasteiger partial charge is 0.358 e. The minimum Gasteiger partial charge on any atom is -0.358 e. The van der Waals surface area contributed by atoms with Crippen LogP contribution in [0.25, 0.3) is 6.08 Å². The number of imide groups is 1. The molecule has 3 heterocycles. The van der Waals surface area contributed by atoms with E-state index in [-0.39, 0.29) is 23.6 Å². The lowest BCUT2D eigenvalue weighted by Crippen LogP contribution is -2.42. The van der Waals surface area contributed by atoms with E-state index < -0.39 is 17.9 Å². The average molecular weight is 379 g/mol. The van der Waals surface area contributed by atoms with E-state index in [1.165, 1.54) is 0 Å². The van der Waals surface area contributed by atoms with Gasteiger partial charge in [0.05, 0.1) is 17.9 Å². The smallest absolute Gasteiger partial charge is 0.233 e. The standard InChI is InChI=1S/C21H15ClN2O3/c22-13-7-5-12(6-8-13)19(25)18-16-15(20(26)23-21(16)27)17-14-4-2-1-3-11(14)9-10-24(17)18/h1-10,15-18H,(H,23,26,27)/t15-,16+,17+,18-/m0/s1. The molecule has 3 aliphatic heterocycles. The van der Waals surface area contributed by atoms with Crippen LogP contribution in [0.15, 0.2) is 54.7 Å². The van der Waals surface area contributed by atoms with Crippen LogP contribution in [0.3, 0.4) is 0 Å². The molecule has 5 rings (SSSR count). The molecule has 0 spiro atoms. The van der Waals surface area contributed by atoms with E-state index in [1.807, 2.05) is 41.4 Å². The number of ketones is 1. The second-order valence-electron chi connectivity index (χ2n) is 7.06. The van der Waals surface area contributed by atoms with Crippen molar-refractivity contribution in [3.63, 3.8) is 0 Å². The molecule has 2 aromatic rings. The number of benzene rings is 2. The van der Waals surface area contributed by atoms with Crippen LogP contribution in [0.4, 0.5) is 0 Å². The Morgan fingerprint density at radius 1 is 0.963 bits per heavy atom. The van der Waals surface area contributed by atoms with E-state index >= 15 is 0 Å². The quantitative estimate of drug-likeness (QED) is 0.644. The highest BCUT2D eigenvalue weighted by molar-refractivity contribution is 6.30. The Hall–Kier alpha value is -2.92. The van der Waals surface area contributed by atoms with Crippen molar-refractivity contribution in [3.8, 4) is 0 Å². The first-order valence-corrected chi connectivity index (χ1v) is 9.13. The van der Waals surface area contributed by atoms with Crippen molar-refractivity contribution in [1.29, 1.82) is 0 Å². The summed E-state index contributed by atoms with van der Waals surface area (Å²) in [5.74, 6) is -2.15. The van der Waals surface area contributed by atoms with Crippen LogP contribution < -0.4 is 5.32 Å². The van der Waals surface area contributed by atoms with Crippen molar-refractivity contribution in [3.05, 3.63) is 76.4 Å². The molecule has 0 unspecified atom stereocenters. The molecular weight excluding hydrogens is 364 g/mol. The van der Waals surface area contributed by atoms with E-state index in [0.29, 0.717) is 10.6 Å². The second-order valence-corrected chi connectivity index (χ2v) is 7.49. The Kier molecular flexibility index (Phi) is 3.49.